The molecule has 11 rings (SSSR count). The van der Waals surface area contributed by atoms with Gasteiger partial charge in [0.1, 0.15) is 11.2 Å². The Morgan fingerprint density at radius 1 is 0.390 bits per heavy atom. The van der Waals surface area contributed by atoms with Crippen LogP contribution in [0, 0.1) is 0 Å². The molecular formula is C54H38N4O. The van der Waals surface area contributed by atoms with E-state index in [1.807, 2.05) is 18.2 Å². The third kappa shape index (κ3) is 6.25. The van der Waals surface area contributed by atoms with E-state index in [4.69, 9.17) is 19.4 Å². The number of hydrogen-bond donors (Lipinski definition) is 0. The molecule has 0 bridgehead atoms. The zero-order valence-corrected chi connectivity index (χ0v) is 32.5. The molecule has 0 amide bonds. The van der Waals surface area contributed by atoms with E-state index in [-0.39, 0.29) is 0 Å². The minimum Gasteiger partial charge on any atom is -0.456 e. The molecule has 5 nitrogen and oxygen atoms in total. The van der Waals surface area contributed by atoms with Crippen molar-refractivity contribution in [2.75, 3.05) is 0 Å². The molecule has 0 aliphatic rings. The quantitative estimate of drug-likeness (QED) is 0.155. The predicted molar refractivity (Wildman–Crippen MR) is 243 cm³/mol. The van der Waals surface area contributed by atoms with E-state index in [0.717, 1.165) is 95.5 Å². The Bertz CT molecular complexity index is 3340. The second-order valence-electron chi connectivity index (χ2n) is 15.2. The van der Waals surface area contributed by atoms with Crippen LogP contribution in [0.15, 0.2) is 192 Å². The van der Waals surface area contributed by atoms with E-state index in [9.17, 15) is 0 Å². The molecule has 59 heavy (non-hydrogen) atoms. The SMILES string of the molecule is CCCc1cccc(-c2ccc(-c3nc(-c4cccc(-c5ccccc5)c4)nc(-n4c5ccccc5c5cc(-c6ccc7oc8ccccc8c7c6)ccc54)n3)cc2)c1. The summed E-state index contributed by atoms with van der Waals surface area (Å²) in [5.74, 6) is 1.80. The van der Waals surface area contributed by atoms with Crippen LogP contribution in [-0.4, -0.2) is 19.5 Å². The lowest BCUT2D eigenvalue weighted by atomic mass is 10.00. The third-order valence-corrected chi connectivity index (χ3v) is 11.4. The van der Waals surface area contributed by atoms with E-state index in [1.54, 1.807) is 0 Å². The van der Waals surface area contributed by atoms with Crippen molar-refractivity contribution < 1.29 is 4.42 Å². The van der Waals surface area contributed by atoms with E-state index in [0.29, 0.717) is 17.6 Å². The second kappa shape index (κ2) is 14.4. The number of furan rings is 1. The van der Waals surface area contributed by atoms with Crippen molar-refractivity contribution >= 4 is 43.7 Å². The molecule has 0 saturated heterocycles. The van der Waals surface area contributed by atoms with Crippen molar-refractivity contribution in [2.24, 2.45) is 0 Å². The molecule has 5 heteroatoms. The summed E-state index contributed by atoms with van der Waals surface area (Å²) in [6.07, 6.45) is 2.18. The van der Waals surface area contributed by atoms with Gasteiger partial charge in [-0.05, 0) is 87.8 Å². The number of hydrogen-bond acceptors (Lipinski definition) is 4. The van der Waals surface area contributed by atoms with Crippen LogP contribution in [0.1, 0.15) is 18.9 Å². The monoisotopic (exact) mass is 758 g/mol. The second-order valence-corrected chi connectivity index (χ2v) is 15.2. The van der Waals surface area contributed by atoms with Gasteiger partial charge in [-0.15, -0.1) is 0 Å². The maximum absolute atomic E-state index is 6.15. The number of para-hydroxylation sites is 2. The first kappa shape index (κ1) is 34.6. The van der Waals surface area contributed by atoms with Crippen molar-refractivity contribution in [2.45, 2.75) is 19.8 Å². The normalized spacial score (nSPS) is 11.6. The van der Waals surface area contributed by atoms with Gasteiger partial charge >= 0.3 is 0 Å². The van der Waals surface area contributed by atoms with Gasteiger partial charge in [0.15, 0.2) is 11.6 Å². The molecule has 3 heterocycles. The van der Waals surface area contributed by atoms with E-state index >= 15 is 0 Å². The minimum absolute atomic E-state index is 0.566. The summed E-state index contributed by atoms with van der Waals surface area (Å²) < 4.78 is 8.34. The average Bonchev–Trinajstić information content (AvgIpc) is 3.84. The van der Waals surface area contributed by atoms with E-state index < -0.39 is 0 Å². The fraction of sp³-hybridized carbons (Fsp3) is 0.0556. The van der Waals surface area contributed by atoms with Gasteiger partial charge in [0, 0.05) is 32.7 Å². The first-order chi connectivity index (χ1) is 29.2. The molecule has 280 valence electrons. The summed E-state index contributed by atoms with van der Waals surface area (Å²) in [6.45, 7) is 2.22. The first-order valence-corrected chi connectivity index (χ1v) is 20.2. The predicted octanol–water partition coefficient (Wildman–Crippen LogP) is 14.2. The summed E-state index contributed by atoms with van der Waals surface area (Å²) in [6, 6.07) is 66.2. The Kier molecular flexibility index (Phi) is 8.44. The van der Waals surface area contributed by atoms with Crippen molar-refractivity contribution in [1.82, 2.24) is 19.5 Å². The highest BCUT2D eigenvalue weighted by Gasteiger charge is 2.19. The van der Waals surface area contributed by atoms with Gasteiger partial charge in [-0.3, -0.25) is 4.57 Å². The number of fused-ring (bicyclic) bond motifs is 6. The van der Waals surface area contributed by atoms with Crippen LogP contribution in [0.25, 0.3) is 106 Å². The van der Waals surface area contributed by atoms with Gasteiger partial charge in [-0.1, -0.05) is 159 Å². The molecule has 0 atom stereocenters. The summed E-state index contributed by atoms with van der Waals surface area (Å²) in [5, 5.41) is 4.48. The number of rotatable bonds is 8. The van der Waals surface area contributed by atoms with Crippen LogP contribution in [0.3, 0.4) is 0 Å². The molecule has 11 aromatic rings. The van der Waals surface area contributed by atoms with Crippen molar-refractivity contribution in [3.05, 3.63) is 194 Å². The van der Waals surface area contributed by atoms with Crippen LogP contribution >= 0.6 is 0 Å². The van der Waals surface area contributed by atoms with Gasteiger partial charge in [0.25, 0.3) is 0 Å². The summed E-state index contributed by atoms with van der Waals surface area (Å²) >= 11 is 0. The molecule has 0 spiro atoms. The molecule has 0 radical (unpaired) electrons. The minimum atomic E-state index is 0.566. The zero-order chi connectivity index (χ0) is 39.3. The summed E-state index contributed by atoms with van der Waals surface area (Å²) in [4.78, 5) is 15.7. The smallest absolute Gasteiger partial charge is 0.238 e. The van der Waals surface area contributed by atoms with Crippen LogP contribution in [0.4, 0.5) is 0 Å². The Morgan fingerprint density at radius 3 is 1.78 bits per heavy atom. The highest BCUT2D eigenvalue weighted by atomic mass is 16.3. The molecule has 0 saturated carbocycles. The third-order valence-electron chi connectivity index (χ3n) is 11.4. The topological polar surface area (TPSA) is 56.7 Å². The lowest BCUT2D eigenvalue weighted by molar-refractivity contribution is 0.669. The highest BCUT2D eigenvalue weighted by molar-refractivity contribution is 6.11. The number of nitrogens with zero attached hydrogens (tertiary/aromatic N) is 4. The molecule has 0 aliphatic carbocycles. The van der Waals surface area contributed by atoms with E-state index in [2.05, 4.69) is 181 Å². The maximum Gasteiger partial charge on any atom is 0.238 e. The van der Waals surface area contributed by atoms with Crippen LogP contribution in [0.2, 0.25) is 0 Å². The first-order valence-electron chi connectivity index (χ1n) is 20.2. The lowest BCUT2D eigenvalue weighted by Gasteiger charge is -2.12. The molecule has 0 fully saturated rings. The maximum atomic E-state index is 6.15. The van der Waals surface area contributed by atoms with Crippen molar-refractivity contribution in [3.63, 3.8) is 0 Å². The van der Waals surface area contributed by atoms with Crippen LogP contribution in [-0.2, 0) is 6.42 Å². The fourth-order valence-electron chi connectivity index (χ4n) is 8.47. The Labute approximate surface area is 341 Å². The average molecular weight is 759 g/mol. The molecule has 0 aliphatic heterocycles. The molecule has 0 unspecified atom stereocenters. The largest absolute Gasteiger partial charge is 0.456 e. The van der Waals surface area contributed by atoms with Gasteiger partial charge in [0.05, 0.1) is 11.0 Å². The summed E-state index contributed by atoms with van der Waals surface area (Å²) in [7, 11) is 0. The molecule has 3 aromatic heterocycles. The highest BCUT2D eigenvalue weighted by Crippen LogP contribution is 2.38. The van der Waals surface area contributed by atoms with Crippen LogP contribution < -0.4 is 0 Å². The number of aromatic nitrogens is 4. The Morgan fingerprint density at radius 2 is 0.949 bits per heavy atom. The van der Waals surface area contributed by atoms with Gasteiger partial charge in [-0.25, -0.2) is 4.98 Å². The number of benzene rings is 8. The Balaban J connectivity index is 1.07. The zero-order valence-electron chi connectivity index (χ0n) is 32.5. The Hall–Kier alpha value is -7.63. The number of aryl methyl sites for hydroxylation is 1. The molecule has 0 N–H and O–H groups in total. The van der Waals surface area contributed by atoms with Crippen LogP contribution in [0.5, 0.6) is 0 Å². The standard InChI is InChI=1S/C54H38N4O/c1-2-12-35-13-10-16-39(31-35)37-23-25-38(26-24-37)52-55-53(43-18-11-17-40(32-43)36-14-4-3-5-15-36)57-54(56-52)58-48-21-8-6-19-44(48)46-33-41(27-29-49(46)58)42-28-30-51-47(34-42)45-20-7-9-22-50(45)59-51/h3-11,13-34H,2,12H2,1H3. The van der Waals surface area contributed by atoms with Gasteiger partial charge < -0.3 is 4.42 Å². The molecular weight excluding hydrogens is 721 g/mol. The molecule has 8 aromatic carbocycles. The fourth-order valence-corrected chi connectivity index (χ4v) is 8.47. The van der Waals surface area contributed by atoms with Gasteiger partial charge in [0.2, 0.25) is 5.95 Å². The lowest BCUT2D eigenvalue weighted by Crippen LogP contribution is -2.06. The van der Waals surface area contributed by atoms with E-state index in [1.165, 1.54) is 11.1 Å². The summed E-state index contributed by atoms with van der Waals surface area (Å²) in [5.41, 5.74) is 13.9. The van der Waals surface area contributed by atoms with Gasteiger partial charge in [-0.2, -0.15) is 9.97 Å². The van der Waals surface area contributed by atoms with Crippen molar-refractivity contribution in [1.29, 1.82) is 0 Å². The van der Waals surface area contributed by atoms with Crippen molar-refractivity contribution in [3.8, 4) is 62.1 Å².